The molecule has 0 aromatic carbocycles. The van der Waals surface area contributed by atoms with Gasteiger partial charge in [-0.25, -0.2) is 0 Å². The maximum Gasteiger partial charge on any atom is 0.109 e. The van der Waals surface area contributed by atoms with Crippen LogP contribution in [0.2, 0.25) is 0 Å². The molecule has 2 heteroatoms. The van der Waals surface area contributed by atoms with E-state index < -0.39 is 0 Å². The van der Waals surface area contributed by atoms with Crippen LogP contribution in [0, 0.1) is 5.41 Å². The molecule has 1 nitrogen and oxygen atoms in total. The fourth-order valence-corrected chi connectivity index (χ4v) is 2.45. The van der Waals surface area contributed by atoms with Crippen LogP contribution in [0.25, 0.3) is 0 Å². The first-order valence-electron chi connectivity index (χ1n) is 4.48. The molecule has 3 rings (SSSR count). The first-order valence-corrected chi connectivity index (χ1v) is 4.48. The van der Waals surface area contributed by atoms with E-state index in [9.17, 15) is 4.53 Å². The van der Waals surface area contributed by atoms with Gasteiger partial charge in [-0.2, -0.15) is 4.94 Å². The molecule has 0 aliphatic heterocycles. The molecule has 3 saturated carbocycles. The Morgan fingerprint density at radius 3 is 1.82 bits per heavy atom. The summed E-state index contributed by atoms with van der Waals surface area (Å²) in [4.78, 5) is 4.11. The molecule has 3 fully saturated rings. The summed E-state index contributed by atoms with van der Waals surface area (Å²) in [5, 5.41) is 0. The highest BCUT2D eigenvalue weighted by atomic mass is 19.3. The highest BCUT2D eigenvalue weighted by Crippen LogP contribution is 2.53. The van der Waals surface area contributed by atoms with Gasteiger partial charge in [0.2, 0.25) is 0 Å². The van der Waals surface area contributed by atoms with Crippen LogP contribution < -0.4 is 0 Å². The standard InChI is InChI=1S/C9H15FO/c1-8-2-5-9(11-10,6-3-8)7-4-8/h2-7H2,1H3. The van der Waals surface area contributed by atoms with E-state index in [1.165, 1.54) is 0 Å². The molecule has 11 heavy (non-hydrogen) atoms. The van der Waals surface area contributed by atoms with Crippen LogP contribution in [0.4, 0.5) is 4.53 Å². The van der Waals surface area contributed by atoms with Gasteiger partial charge in [0.05, 0.1) is 0 Å². The Morgan fingerprint density at radius 2 is 1.45 bits per heavy atom. The molecule has 3 aliphatic carbocycles. The van der Waals surface area contributed by atoms with Gasteiger partial charge in [-0.05, 0) is 48.5 Å². The summed E-state index contributed by atoms with van der Waals surface area (Å²) in [7, 11) is 0. The normalized spacial score (nSPS) is 49.6. The maximum atomic E-state index is 12.2. The van der Waals surface area contributed by atoms with E-state index in [2.05, 4.69) is 11.9 Å². The van der Waals surface area contributed by atoms with Crippen molar-refractivity contribution in [3.8, 4) is 0 Å². The van der Waals surface area contributed by atoms with Crippen LogP contribution in [0.3, 0.4) is 0 Å². The lowest BCUT2D eigenvalue weighted by Gasteiger charge is -2.49. The Balaban J connectivity index is 2.12. The Morgan fingerprint density at radius 1 is 1.00 bits per heavy atom. The van der Waals surface area contributed by atoms with Gasteiger partial charge >= 0.3 is 0 Å². The van der Waals surface area contributed by atoms with Gasteiger partial charge in [-0.3, -0.25) is 0 Å². The molecular weight excluding hydrogens is 143 g/mol. The molecule has 0 aromatic rings. The Labute approximate surface area is 66.8 Å². The largest absolute Gasteiger partial charge is 0.188 e. The molecule has 0 heterocycles. The second-order valence-electron chi connectivity index (χ2n) is 4.57. The van der Waals surface area contributed by atoms with E-state index in [1.807, 2.05) is 0 Å². The van der Waals surface area contributed by atoms with Gasteiger partial charge in [0, 0.05) is 0 Å². The van der Waals surface area contributed by atoms with Crippen molar-refractivity contribution in [2.75, 3.05) is 0 Å². The molecule has 2 bridgehead atoms. The van der Waals surface area contributed by atoms with Crippen molar-refractivity contribution in [1.29, 1.82) is 0 Å². The minimum absolute atomic E-state index is 0.363. The molecule has 3 aliphatic rings. The second-order valence-corrected chi connectivity index (χ2v) is 4.57. The van der Waals surface area contributed by atoms with Gasteiger partial charge < -0.3 is 0 Å². The molecule has 64 valence electrons. The van der Waals surface area contributed by atoms with Crippen molar-refractivity contribution in [2.45, 2.75) is 51.0 Å². The van der Waals surface area contributed by atoms with Crippen LogP contribution in [0.1, 0.15) is 45.4 Å². The van der Waals surface area contributed by atoms with Crippen LogP contribution in [0.5, 0.6) is 0 Å². The smallest absolute Gasteiger partial charge is 0.109 e. The summed E-state index contributed by atoms with van der Waals surface area (Å²) in [6, 6.07) is 0. The van der Waals surface area contributed by atoms with Gasteiger partial charge in [-0.15, -0.1) is 0 Å². The van der Waals surface area contributed by atoms with E-state index in [0.717, 1.165) is 38.5 Å². The first-order chi connectivity index (χ1) is 5.18. The van der Waals surface area contributed by atoms with E-state index >= 15 is 0 Å². The Kier molecular flexibility index (Phi) is 1.50. The number of halogens is 1. The van der Waals surface area contributed by atoms with Crippen LogP contribution >= 0.6 is 0 Å². The van der Waals surface area contributed by atoms with Gasteiger partial charge in [0.1, 0.15) is 5.60 Å². The third kappa shape index (κ3) is 1.08. The monoisotopic (exact) mass is 158 g/mol. The predicted molar refractivity (Wildman–Crippen MR) is 40.7 cm³/mol. The third-order valence-electron chi connectivity index (χ3n) is 3.72. The molecule has 0 atom stereocenters. The number of rotatable bonds is 1. The van der Waals surface area contributed by atoms with Crippen molar-refractivity contribution < 1.29 is 9.47 Å². The molecule has 0 radical (unpaired) electrons. The molecule has 0 spiro atoms. The minimum atomic E-state index is -0.363. The summed E-state index contributed by atoms with van der Waals surface area (Å²) in [6.07, 6.45) is 6.24. The van der Waals surface area contributed by atoms with Crippen molar-refractivity contribution in [3.05, 3.63) is 0 Å². The summed E-state index contributed by atoms with van der Waals surface area (Å²) in [5.41, 5.74) is 0.151. The highest BCUT2D eigenvalue weighted by molar-refractivity contribution is 4.98. The Bertz CT molecular complexity index is 142. The first kappa shape index (κ1) is 7.53. The van der Waals surface area contributed by atoms with E-state index in [1.54, 1.807) is 0 Å². The zero-order valence-electron chi connectivity index (χ0n) is 7.03. The number of fused-ring (bicyclic) bond motifs is 3. The van der Waals surface area contributed by atoms with E-state index in [-0.39, 0.29) is 5.60 Å². The van der Waals surface area contributed by atoms with E-state index in [0.29, 0.717) is 5.41 Å². The zero-order valence-corrected chi connectivity index (χ0v) is 7.03. The lowest BCUT2D eigenvalue weighted by Crippen LogP contribution is -2.45. The van der Waals surface area contributed by atoms with Gasteiger partial charge in [0.25, 0.3) is 0 Å². The van der Waals surface area contributed by atoms with Crippen molar-refractivity contribution in [3.63, 3.8) is 0 Å². The van der Waals surface area contributed by atoms with Crippen LogP contribution in [-0.4, -0.2) is 5.60 Å². The van der Waals surface area contributed by atoms with Gasteiger partial charge in [-0.1, -0.05) is 6.92 Å². The number of hydrogen-bond acceptors (Lipinski definition) is 1. The molecular formula is C9H15FO. The van der Waals surface area contributed by atoms with Crippen LogP contribution in [-0.2, 0) is 4.94 Å². The fourth-order valence-electron chi connectivity index (χ4n) is 2.45. The SMILES string of the molecule is CC12CCC(OF)(CC1)CC2. The molecule has 0 amide bonds. The summed E-state index contributed by atoms with van der Waals surface area (Å²) in [5.74, 6) is 0. The molecule has 0 N–H and O–H groups in total. The zero-order chi connectivity index (χ0) is 7.95. The number of hydrogen-bond donors (Lipinski definition) is 0. The minimum Gasteiger partial charge on any atom is -0.188 e. The maximum absolute atomic E-state index is 12.2. The lowest BCUT2D eigenvalue weighted by atomic mass is 9.60. The predicted octanol–water partition coefficient (Wildman–Crippen LogP) is 3.00. The lowest BCUT2D eigenvalue weighted by molar-refractivity contribution is -0.272. The average molecular weight is 158 g/mol. The van der Waals surface area contributed by atoms with E-state index in [4.69, 9.17) is 0 Å². The third-order valence-corrected chi connectivity index (χ3v) is 3.72. The summed E-state index contributed by atoms with van der Waals surface area (Å²) >= 11 is 0. The van der Waals surface area contributed by atoms with Crippen molar-refractivity contribution in [1.82, 2.24) is 0 Å². The fraction of sp³-hybridized carbons (Fsp3) is 1.00. The van der Waals surface area contributed by atoms with Crippen LogP contribution in [0.15, 0.2) is 0 Å². The summed E-state index contributed by atoms with van der Waals surface area (Å²) < 4.78 is 12.2. The topological polar surface area (TPSA) is 9.23 Å². The highest BCUT2D eigenvalue weighted by Gasteiger charge is 2.47. The molecule has 0 saturated heterocycles. The average Bonchev–Trinajstić information content (AvgIpc) is 2.07. The second kappa shape index (κ2) is 2.19. The van der Waals surface area contributed by atoms with Crippen molar-refractivity contribution in [2.24, 2.45) is 5.41 Å². The van der Waals surface area contributed by atoms with Gasteiger partial charge in [0.15, 0.2) is 0 Å². The van der Waals surface area contributed by atoms with Crippen molar-refractivity contribution >= 4 is 0 Å². The molecule has 0 unspecified atom stereocenters. The summed E-state index contributed by atoms with van der Waals surface area (Å²) in [6.45, 7) is 2.31. The quantitative estimate of drug-likeness (QED) is 0.570. The molecule has 0 aromatic heterocycles. The Hall–Kier alpha value is -0.110.